The van der Waals surface area contributed by atoms with E-state index in [9.17, 15) is 0 Å². The summed E-state index contributed by atoms with van der Waals surface area (Å²) in [5.74, 6) is 0. The molecular weight excluding hydrogens is 292 g/mol. The summed E-state index contributed by atoms with van der Waals surface area (Å²) in [6, 6.07) is 11.1. The van der Waals surface area contributed by atoms with Crippen molar-refractivity contribution < 1.29 is 0 Å². The Kier molecular flexibility index (Phi) is 4.70. The van der Waals surface area contributed by atoms with E-state index in [1.165, 1.54) is 82.9 Å². The van der Waals surface area contributed by atoms with Gasteiger partial charge < -0.3 is 0 Å². The number of benzene rings is 1. The lowest BCUT2D eigenvalue weighted by atomic mass is 9.70. The minimum absolute atomic E-state index is 0.447. The Morgan fingerprint density at radius 2 is 1.25 bits per heavy atom. The molecule has 1 saturated heterocycles. The summed E-state index contributed by atoms with van der Waals surface area (Å²) in [5, 5.41) is 0. The van der Waals surface area contributed by atoms with Gasteiger partial charge in [-0.05, 0) is 38.3 Å². The molecule has 0 atom stereocenters. The van der Waals surface area contributed by atoms with E-state index in [2.05, 4.69) is 47.2 Å². The topological polar surface area (TPSA) is 6.48 Å². The molecule has 2 nitrogen and oxygen atoms in total. The first-order valence-electron chi connectivity index (χ1n) is 10.2. The molecule has 2 saturated carbocycles. The van der Waals surface area contributed by atoms with Crippen molar-refractivity contribution in [3.63, 3.8) is 0 Å². The van der Waals surface area contributed by atoms with Gasteiger partial charge in [0.1, 0.15) is 0 Å². The molecule has 2 spiro atoms. The van der Waals surface area contributed by atoms with E-state index < -0.39 is 0 Å². The number of likely N-dealkylation sites (N-methyl/N-ethyl adjacent to an activating group) is 1. The van der Waals surface area contributed by atoms with E-state index in [-0.39, 0.29) is 0 Å². The van der Waals surface area contributed by atoms with Crippen LogP contribution < -0.4 is 0 Å². The molecule has 2 aliphatic carbocycles. The van der Waals surface area contributed by atoms with E-state index in [0.717, 1.165) is 6.54 Å². The number of hydrogen-bond donors (Lipinski definition) is 0. The van der Waals surface area contributed by atoms with Gasteiger partial charge >= 0.3 is 0 Å². The SMILES string of the molecule is CN1C2(CCCCC2)CN(Cc2ccccc2)CC12CCCCC2. The van der Waals surface area contributed by atoms with E-state index in [1.807, 2.05) is 0 Å². The van der Waals surface area contributed by atoms with Gasteiger partial charge in [0.25, 0.3) is 0 Å². The second-order valence-electron chi connectivity index (χ2n) is 8.76. The monoisotopic (exact) mass is 326 g/mol. The zero-order valence-electron chi connectivity index (χ0n) is 15.5. The normalized spacial score (nSPS) is 27.5. The van der Waals surface area contributed by atoms with Crippen molar-refractivity contribution in [3.05, 3.63) is 35.9 Å². The molecule has 0 amide bonds. The van der Waals surface area contributed by atoms with Crippen molar-refractivity contribution in [2.75, 3.05) is 20.1 Å². The highest BCUT2D eigenvalue weighted by molar-refractivity contribution is 5.16. The predicted octanol–water partition coefficient (Wildman–Crippen LogP) is 4.84. The van der Waals surface area contributed by atoms with Crippen LogP contribution >= 0.6 is 0 Å². The van der Waals surface area contributed by atoms with Gasteiger partial charge in [-0.1, -0.05) is 68.9 Å². The molecule has 2 heteroatoms. The zero-order chi connectivity index (χ0) is 16.5. The summed E-state index contributed by atoms with van der Waals surface area (Å²) in [5.41, 5.74) is 2.38. The second kappa shape index (κ2) is 6.80. The Bertz CT molecular complexity index is 498. The third-order valence-corrected chi connectivity index (χ3v) is 7.28. The van der Waals surface area contributed by atoms with E-state index in [0.29, 0.717) is 11.1 Å². The third kappa shape index (κ3) is 3.04. The van der Waals surface area contributed by atoms with Crippen LogP contribution in [0.2, 0.25) is 0 Å². The lowest BCUT2D eigenvalue weighted by Crippen LogP contribution is -2.71. The molecule has 132 valence electrons. The van der Waals surface area contributed by atoms with Crippen LogP contribution in [-0.2, 0) is 6.54 Å². The Hall–Kier alpha value is -0.860. The van der Waals surface area contributed by atoms with Gasteiger partial charge in [-0.3, -0.25) is 9.80 Å². The van der Waals surface area contributed by atoms with Crippen LogP contribution in [0.1, 0.15) is 69.8 Å². The van der Waals surface area contributed by atoms with E-state index in [4.69, 9.17) is 0 Å². The van der Waals surface area contributed by atoms with Gasteiger partial charge in [-0.25, -0.2) is 0 Å². The zero-order valence-corrected chi connectivity index (χ0v) is 15.5. The molecule has 0 N–H and O–H groups in total. The number of hydrogen-bond acceptors (Lipinski definition) is 2. The molecule has 3 aliphatic rings. The van der Waals surface area contributed by atoms with Crippen LogP contribution in [0.4, 0.5) is 0 Å². The Morgan fingerprint density at radius 3 is 1.75 bits per heavy atom. The molecule has 0 bridgehead atoms. The summed E-state index contributed by atoms with van der Waals surface area (Å²) in [7, 11) is 2.48. The van der Waals surface area contributed by atoms with Crippen LogP contribution in [0, 0.1) is 0 Å². The molecule has 1 aromatic rings. The minimum Gasteiger partial charge on any atom is -0.295 e. The minimum atomic E-state index is 0.447. The Morgan fingerprint density at radius 1 is 0.750 bits per heavy atom. The van der Waals surface area contributed by atoms with Crippen LogP contribution in [0.25, 0.3) is 0 Å². The highest BCUT2D eigenvalue weighted by atomic mass is 15.4. The van der Waals surface area contributed by atoms with Crippen molar-refractivity contribution in [2.45, 2.75) is 81.8 Å². The van der Waals surface area contributed by atoms with Crippen LogP contribution in [-0.4, -0.2) is 41.0 Å². The van der Waals surface area contributed by atoms with Crippen molar-refractivity contribution in [1.29, 1.82) is 0 Å². The fourth-order valence-corrected chi connectivity index (χ4v) is 5.96. The average Bonchev–Trinajstić information content (AvgIpc) is 2.62. The molecule has 0 aromatic heterocycles. The lowest BCUT2D eigenvalue weighted by molar-refractivity contribution is -0.116. The maximum absolute atomic E-state index is 2.90. The highest BCUT2D eigenvalue weighted by Gasteiger charge is 2.51. The van der Waals surface area contributed by atoms with Gasteiger partial charge in [-0.15, -0.1) is 0 Å². The Labute approximate surface area is 148 Å². The van der Waals surface area contributed by atoms with E-state index >= 15 is 0 Å². The van der Waals surface area contributed by atoms with Crippen LogP contribution in [0.5, 0.6) is 0 Å². The van der Waals surface area contributed by atoms with Crippen molar-refractivity contribution in [3.8, 4) is 0 Å². The molecular formula is C22H34N2. The van der Waals surface area contributed by atoms with Gasteiger partial charge in [-0.2, -0.15) is 0 Å². The van der Waals surface area contributed by atoms with Gasteiger partial charge in [0.05, 0.1) is 0 Å². The fraction of sp³-hybridized carbons (Fsp3) is 0.727. The maximum Gasteiger partial charge on any atom is 0.0339 e. The number of rotatable bonds is 2. The summed E-state index contributed by atoms with van der Waals surface area (Å²) in [6.45, 7) is 3.69. The van der Waals surface area contributed by atoms with Gasteiger partial charge in [0, 0.05) is 30.7 Å². The summed E-state index contributed by atoms with van der Waals surface area (Å²) >= 11 is 0. The molecule has 0 radical (unpaired) electrons. The molecule has 1 aromatic carbocycles. The smallest absolute Gasteiger partial charge is 0.0339 e. The van der Waals surface area contributed by atoms with Crippen molar-refractivity contribution in [2.24, 2.45) is 0 Å². The number of nitrogens with zero attached hydrogens (tertiary/aromatic N) is 2. The molecule has 24 heavy (non-hydrogen) atoms. The predicted molar refractivity (Wildman–Crippen MR) is 101 cm³/mol. The molecule has 0 unspecified atom stereocenters. The molecule has 3 fully saturated rings. The van der Waals surface area contributed by atoms with Crippen LogP contribution in [0.15, 0.2) is 30.3 Å². The van der Waals surface area contributed by atoms with Crippen molar-refractivity contribution >= 4 is 0 Å². The fourth-order valence-electron chi connectivity index (χ4n) is 5.96. The number of piperazine rings is 1. The third-order valence-electron chi connectivity index (χ3n) is 7.28. The van der Waals surface area contributed by atoms with Gasteiger partial charge in [0.2, 0.25) is 0 Å². The molecule has 1 aliphatic heterocycles. The van der Waals surface area contributed by atoms with Crippen molar-refractivity contribution in [1.82, 2.24) is 9.80 Å². The first kappa shape index (κ1) is 16.6. The summed E-state index contributed by atoms with van der Waals surface area (Å²) in [4.78, 5) is 5.71. The largest absolute Gasteiger partial charge is 0.295 e. The Balaban J connectivity index is 1.60. The van der Waals surface area contributed by atoms with E-state index in [1.54, 1.807) is 0 Å². The van der Waals surface area contributed by atoms with Gasteiger partial charge in [0.15, 0.2) is 0 Å². The highest BCUT2D eigenvalue weighted by Crippen LogP contribution is 2.46. The standard InChI is InChI=1S/C22H34N2/c1-23-21(13-7-3-8-14-21)18-24(17-20-11-5-2-6-12-20)19-22(23)15-9-4-10-16-22/h2,5-6,11-12H,3-4,7-10,13-19H2,1H3. The quantitative estimate of drug-likeness (QED) is 0.767. The summed E-state index contributed by atoms with van der Waals surface area (Å²) in [6.07, 6.45) is 14.3. The van der Waals surface area contributed by atoms with Crippen LogP contribution in [0.3, 0.4) is 0 Å². The molecule has 4 rings (SSSR count). The lowest BCUT2D eigenvalue weighted by Gasteiger charge is -2.62. The first-order chi connectivity index (χ1) is 11.7. The first-order valence-corrected chi connectivity index (χ1v) is 10.2. The maximum atomic E-state index is 2.90. The molecule has 1 heterocycles. The second-order valence-corrected chi connectivity index (χ2v) is 8.76. The summed E-state index contributed by atoms with van der Waals surface area (Å²) < 4.78 is 0. The average molecular weight is 327 g/mol.